The molecule has 8 heteroatoms. The molecule has 0 radical (unpaired) electrons. The van der Waals surface area contributed by atoms with E-state index < -0.39 is 13.3 Å². The van der Waals surface area contributed by atoms with Crippen molar-refractivity contribution in [2.75, 3.05) is 20.4 Å². The molecule has 0 aliphatic carbocycles. The monoisotopic (exact) mass is 413 g/mol. The highest BCUT2D eigenvalue weighted by Crippen LogP contribution is 2.38. The molecule has 0 aliphatic rings. The van der Waals surface area contributed by atoms with E-state index in [2.05, 4.69) is 0 Å². The summed E-state index contributed by atoms with van der Waals surface area (Å²) in [7, 11) is 0.449. The van der Waals surface area contributed by atoms with Crippen LogP contribution in [0.1, 0.15) is 27.1 Å². The second kappa shape index (κ2) is 9.13. The zero-order chi connectivity index (χ0) is 19.3. The predicted molar refractivity (Wildman–Crippen MR) is 102 cm³/mol. The van der Waals surface area contributed by atoms with E-state index in [1.54, 1.807) is 36.4 Å². The van der Waals surface area contributed by atoms with Crippen LogP contribution >= 0.6 is 31.0 Å². The van der Waals surface area contributed by atoms with Crippen LogP contribution in [0, 0.1) is 0 Å². The predicted octanol–water partition coefficient (Wildman–Crippen LogP) is 5.25. The molecular formula is C18H16Cl2O5P+. The van der Waals surface area contributed by atoms with Gasteiger partial charge in [-0.25, -0.2) is 4.79 Å². The summed E-state index contributed by atoms with van der Waals surface area (Å²) in [6.07, 6.45) is -0.252. The molecule has 1 atom stereocenters. The Morgan fingerprint density at radius 2 is 1.42 bits per heavy atom. The number of hydrogen-bond acceptors (Lipinski definition) is 5. The highest BCUT2D eigenvalue weighted by atomic mass is 35.5. The topological polar surface area (TPSA) is 69.7 Å². The maximum Gasteiger partial charge on any atom is 0.420 e. The Kier molecular flexibility index (Phi) is 7.15. The minimum Gasteiger partial charge on any atom is -0.496 e. The van der Waals surface area contributed by atoms with Crippen molar-refractivity contribution in [3.63, 3.8) is 0 Å². The average molecular weight is 414 g/mol. The summed E-state index contributed by atoms with van der Waals surface area (Å²) in [5.41, 5.74) is -0.365. The molecule has 0 fully saturated rings. The fourth-order valence-corrected chi connectivity index (χ4v) is 4.07. The Morgan fingerprint density at radius 3 is 1.92 bits per heavy atom. The van der Waals surface area contributed by atoms with Crippen molar-refractivity contribution in [1.82, 2.24) is 0 Å². The van der Waals surface area contributed by atoms with Crippen molar-refractivity contribution in [3.8, 4) is 11.5 Å². The smallest absolute Gasteiger partial charge is 0.420 e. The van der Waals surface area contributed by atoms with E-state index in [-0.39, 0.29) is 51.0 Å². The van der Waals surface area contributed by atoms with Crippen LogP contribution in [0.15, 0.2) is 36.4 Å². The number of carbonyl (C=O) groups excluding carboxylic acids is 2. The molecule has 2 rings (SSSR count). The van der Waals surface area contributed by atoms with Crippen LogP contribution < -0.4 is 9.47 Å². The molecule has 0 saturated carbocycles. The van der Waals surface area contributed by atoms with Gasteiger partial charge in [-0.3, -0.25) is 4.79 Å². The Morgan fingerprint density at radius 1 is 0.923 bits per heavy atom. The van der Waals surface area contributed by atoms with Crippen molar-refractivity contribution in [2.24, 2.45) is 0 Å². The molecule has 0 spiro atoms. The minimum absolute atomic E-state index is 0.0989. The van der Waals surface area contributed by atoms with Gasteiger partial charge in [0.1, 0.15) is 11.5 Å². The zero-order valence-corrected chi connectivity index (χ0v) is 16.5. The van der Waals surface area contributed by atoms with Gasteiger partial charge in [0.05, 0.1) is 36.2 Å². The van der Waals surface area contributed by atoms with Crippen LogP contribution in [0.2, 0.25) is 10.0 Å². The molecule has 26 heavy (non-hydrogen) atoms. The van der Waals surface area contributed by atoms with E-state index in [9.17, 15) is 14.2 Å². The van der Waals surface area contributed by atoms with Crippen LogP contribution in [0.4, 0.5) is 0 Å². The van der Waals surface area contributed by atoms with Crippen LogP contribution in [0.5, 0.6) is 11.5 Å². The fourth-order valence-electron chi connectivity index (χ4n) is 2.38. The van der Waals surface area contributed by atoms with Crippen LogP contribution in [-0.2, 0) is 4.57 Å². The minimum atomic E-state index is -2.36. The summed E-state index contributed by atoms with van der Waals surface area (Å²) in [6.45, 7) is 0. The van der Waals surface area contributed by atoms with E-state index in [0.29, 0.717) is 0 Å². The Bertz CT molecular complexity index is 824. The Hall–Kier alpha value is -1.94. The van der Waals surface area contributed by atoms with Crippen molar-refractivity contribution < 1.29 is 23.6 Å². The Balaban J connectivity index is 2.16. The number of hydrogen-bond donors (Lipinski definition) is 0. The lowest BCUT2D eigenvalue weighted by molar-refractivity contribution is 0.0989. The molecule has 5 nitrogen and oxygen atoms in total. The number of halogens is 2. The first-order valence-electron chi connectivity index (χ1n) is 7.57. The normalized spacial score (nSPS) is 11.0. The third kappa shape index (κ3) is 4.42. The molecule has 2 aromatic rings. The van der Waals surface area contributed by atoms with Gasteiger partial charge in [-0.05, 0) is 24.3 Å². The van der Waals surface area contributed by atoms with Crippen molar-refractivity contribution in [1.29, 1.82) is 0 Å². The number of rotatable bonds is 8. The lowest BCUT2D eigenvalue weighted by Gasteiger charge is -2.08. The SMILES string of the molecule is COc1cccc(OC)c1C(=O)[P+](=O)CCC(=O)c1c(Cl)cccc1Cl. The van der Waals surface area contributed by atoms with Gasteiger partial charge in [-0.15, -0.1) is 0 Å². The summed E-state index contributed by atoms with van der Waals surface area (Å²) in [6, 6.07) is 9.53. The van der Waals surface area contributed by atoms with E-state index in [4.69, 9.17) is 32.7 Å². The van der Waals surface area contributed by atoms with Crippen molar-refractivity contribution >= 4 is 42.3 Å². The lowest BCUT2D eigenvalue weighted by atomic mass is 10.1. The first-order valence-corrected chi connectivity index (χ1v) is 9.78. The van der Waals surface area contributed by atoms with Gasteiger partial charge in [0.15, 0.2) is 17.5 Å². The molecule has 0 aromatic heterocycles. The first kappa shape index (κ1) is 20.4. The van der Waals surface area contributed by atoms with Crippen molar-refractivity contribution in [3.05, 3.63) is 57.6 Å². The highest BCUT2D eigenvalue weighted by molar-refractivity contribution is 7.64. The number of methoxy groups -OCH3 is 2. The quantitative estimate of drug-likeness (QED) is 0.436. The molecule has 0 saturated heterocycles. The van der Waals surface area contributed by atoms with E-state index in [1.165, 1.54) is 14.2 Å². The second-order valence-corrected chi connectivity index (χ2v) is 7.64. The highest BCUT2D eigenvalue weighted by Gasteiger charge is 2.35. The van der Waals surface area contributed by atoms with Crippen molar-refractivity contribution in [2.45, 2.75) is 6.42 Å². The molecule has 1 unspecified atom stereocenters. The molecule has 0 bridgehead atoms. The van der Waals surface area contributed by atoms with Gasteiger partial charge < -0.3 is 9.47 Å². The maximum absolute atomic E-state index is 12.6. The molecule has 0 heterocycles. The standard InChI is InChI=1S/C18H16Cl2O5P/c1-24-14-7-4-8-15(25-2)17(14)18(22)26(23)10-9-13(21)16-11(19)5-3-6-12(16)20/h3-8H,9-10H2,1-2H3/q+1. The molecule has 136 valence electrons. The maximum atomic E-state index is 12.6. The number of benzene rings is 2. The zero-order valence-electron chi connectivity index (χ0n) is 14.1. The Labute approximate surface area is 162 Å². The van der Waals surface area contributed by atoms with Gasteiger partial charge in [-0.1, -0.05) is 39.9 Å². The van der Waals surface area contributed by atoms with Gasteiger partial charge in [-0.2, -0.15) is 0 Å². The third-order valence-corrected chi connectivity index (χ3v) is 5.59. The van der Waals surface area contributed by atoms with E-state index >= 15 is 0 Å². The largest absolute Gasteiger partial charge is 0.496 e. The van der Waals surface area contributed by atoms with Crippen LogP contribution in [-0.4, -0.2) is 31.7 Å². The van der Waals surface area contributed by atoms with Gasteiger partial charge in [0, 0.05) is 0 Å². The molecule has 0 amide bonds. The number of ketones is 1. The summed E-state index contributed by atoms with van der Waals surface area (Å²) in [4.78, 5) is 24.9. The van der Waals surface area contributed by atoms with Gasteiger partial charge in [0.25, 0.3) is 0 Å². The second-order valence-electron chi connectivity index (χ2n) is 5.21. The van der Waals surface area contributed by atoms with Crippen LogP contribution in [0.3, 0.4) is 0 Å². The summed E-state index contributed by atoms with van der Waals surface area (Å²) >= 11 is 12.0. The summed E-state index contributed by atoms with van der Waals surface area (Å²) < 4.78 is 22.8. The number of ether oxygens (including phenoxy) is 2. The number of carbonyl (C=O) groups is 2. The molecular weight excluding hydrogens is 398 g/mol. The summed E-state index contributed by atoms with van der Waals surface area (Å²) in [5.74, 6) is 0.153. The summed E-state index contributed by atoms with van der Waals surface area (Å²) in [5, 5.41) is 0.436. The third-order valence-electron chi connectivity index (χ3n) is 3.65. The van der Waals surface area contributed by atoms with E-state index in [1.807, 2.05) is 0 Å². The van der Waals surface area contributed by atoms with E-state index in [0.717, 1.165) is 0 Å². The molecule has 0 N–H and O–H groups in total. The van der Waals surface area contributed by atoms with Crippen LogP contribution in [0.25, 0.3) is 0 Å². The molecule has 0 aliphatic heterocycles. The molecule has 2 aromatic carbocycles. The first-order chi connectivity index (χ1) is 12.4. The fraction of sp³-hybridized carbons (Fsp3) is 0.222. The lowest BCUT2D eigenvalue weighted by Crippen LogP contribution is -2.06. The van der Waals surface area contributed by atoms with Gasteiger partial charge in [0.2, 0.25) is 0 Å². The number of Topliss-reactive ketones (excluding diaryl/α,β-unsaturated/α-hetero) is 1. The van der Waals surface area contributed by atoms with Gasteiger partial charge >= 0.3 is 13.3 Å². The average Bonchev–Trinajstić information content (AvgIpc) is 2.64.